The van der Waals surface area contributed by atoms with E-state index >= 15 is 0 Å². The molecule has 1 aliphatic rings. The average Bonchev–Trinajstić information content (AvgIpc) is 2.45. The summed E-state index contributed by atoms with van der Waals surface area (Å²) in [5.74, 6) is 0.650. The van der Waals surface area contributed by atoms with Crippen molar-refractivity contribution < 1.29 is 4.92 Å². The molecule has 5 heteroatoms. The maximum atomic E-state index is 10.9. The van der Waals surface area contributed by atoms with Gasteiger partial charge in [0.05, 0.1) is 4.92 Å². The van der Waals surface area contributed by atoms with E-state index in [1.165, 1.54) is 12.8 Å². The summed E-state index contributed by atoms with van der Waals surface area (Å²) >= 11 is 0. The number of benzene rings is 1. The van der Waals surface area contributed by atoms with Crippen molar-refractivity contribution in [1.82, 2.24) is 5.32 Å². The van der Waals surface area contributed by atoms with E-state index in [9.17, 15) is 10.1 Å². The molecule has 1 saturated heterocycles. The van der Waals surface area contributed by atoms with Crippen LogP contribution in [0.2, 0.25) is 0 Å². The lowest BCUT2D eigenvalue weighted by molar-refractivity contribution is -0.385. The number of piperidine rings is 1. The topological polar surface area (TPSA) is 58.4 Å². The first-order valence-electron chi connectivity index (χ1n) is 7.70. The van der Waals surface area contributed by atoms with Gasteiger partial charge in [-0.3, -0.25) is 10.1 Å². The first-order valence-corrected chi connectivity index (χ1v) is 7.70. The van der Waals surface area contributed by atoms with Gasteiger partial charge in [-0.15, -0.1) is 0 Å². The van der Waals surface area contributed by atoms with E-state index in [0.29, 0.717) is 12.0 Å². The Hall–Kier alpha value is -1.62. The second-order valence-corrected chi connectivity index (χ2v) is 6.25. The lowest BCUT2D eigenvalue weighted by atomic mass is 9.97. The van der Waals surface area contributed by atoms with Crippen molar-refractivity contribution in [2.45, 2.75) is 39.7 Å². The standard InChI is InChI=1S/C16H25N3O2/c1-12(2)17-10-14-5-4-8-18(11-14)15-6-7-16(19(20)21)13(3)9-15/h6-7,9,12,14,17H,4-5,8,10-11H2,1-3H3. The van der Waals surface area contributed by atoms with Crippen molar-refractivity contribution in [3.63, 3.8) is 0 Å². The Kier molecular flexibility index (Phi) is 5.17. The summed E-state index contributed by atoms with van der Waals surface area (Å²) < 4.78 is 0. The number of hydrogen-bond acceptors (Lipinski definition) is 4. The van der Waals surface area contributed by atoms with Crippen molar-refractivity contribution in [1.29, 1.82) is 0 Å². The maximum Gasteiger partial charge on any atom is 0.272 e. The van der Waals surface area contributed by atoms with Crippen molar-refractivity contribution in [3.8, 4) is 0 Å². The Balaban J connectivity index is 2.04. The van der Waals surface area contributed by atoms with Crippen molar-refractivity contribution in [2.24, 2.45) is 5.92 Å². The first-order chi connectivity index (χ1) is 9.97. The fourth-order valence-corrected chi connectivity index (χ4v) is 2.91. The average molecular weight is 291 g/mol. The molecule has 1 aliphatic heterocycles. The molecule has 1 heterocycles. The summed E-state index contributed by atoms with van der Waals surface area (Å²) in [6.45, 7) is 9.25. The molecule has 5 nitrogen and oxygen atoms in total. The van der Waals surface area contributed by atoms with Gasteiger partial charge in [-0.2, -0.15) is 0 Å². The van der Waals surface area contributed by atoms with Gasteiger partial charge in [-0.1, -0.05) is 13.8 Å². The van der Waals surface area contributed by atoms with E-state index in [2.05, 4.69) is 24.1 Å². The molecule has 0 aliphatic carbocycles. The van der Waals surface area contributed by atoms with Crippen LogP contribution in [0.5, 0.6) is 0 Å². The predicted molar refractivity (Wildman–Crippen MR) is 85.9 cm³/mol. The second kappa shape index (κ2) is 6.89. The van der Waals surface area contributed by atoms with Crippen LogP contribution in [0.1, 0.15) is 32.3 Å². The highest BCUT2D eigenvalue weighted by atomic mass is 16.6. The van der Waals surface area contributed by atoms with E-state index in [-0.39, 0.29) is 10.6 Å². The van der Waals surface area contributed by atoms with Crippen LogP contribution in [-0.4, -0.2) is 30.6 Å². The minimum Gasteiger partial charge on any atom is -0.371 e. The van der Waals surface area contributed by atoms with Crippen LogP contribution in [0.25, 0.3) is 0 Å². The minimum absolute atomic E-state index is 0.203. The molecule has 116 valence electrons. The van der Waals surface area contributed by atoms with Crippen molar-refractivity contribution in [3.05, 3.63) is 33.9 Å². The molecule has 1 fully saturated rings. The highest BCUT2D eigenvalue weighted by Crippen LogP contribution is 2.27. The molecule has 1 aromatic rings. The van der Waals surface area contributed by atoms with Crippen molar-refractivity contribution >= 4 is 11.4 Å². The van der Waals surface area contributed by atoms with Crippen LogP contribution in [0.4, 0.5) is 11.4 Å². The molecular formula is C16H25N3O2. The number of aryl methyl sites for hydroxylation is 1. The minimum atomic E-state index is -0.315. The van der Waals surface area contributed by atoms with E-state index < -0.39 is 0 Å². The summed E-state index contributed by atoms with van der Waals surface area (Å²) in [7, 11) is 0. The molecule has 0 radical (unpaired) electrons. The Bertz CT molecular complexity index is 502. The van der Waals surface area contributed by atoms with Crippen LogP contribution in [-0.2, 0) is 0 Å². The molecule has 21 heavy (non-hydrogen) atoms. The zero-order chi connectivity index (χ0) is 15.4. The Morgan fingerprint density at radius 3 is 2.86 bits per heavy atom. The number of nitrogens with one attached hydrogen (secondary N) is 1. The van der Waals surface area contributed by atoms with Gasteiger partial charge in [0.15, 0.2) is 0 Å². The molecular weight excluding hydrogens is 266 g/mol. The van der Waals surface area contributed by atoms with Gasteiger partial charge in [0.1, 0.15) is 0 Å². The summed E-state index contributed by atoms with van der Waals surface area (Å²) in [5, 5.41) is 14.4. The summed E-state index contributed by atoms with van der Waals surface area (Å²) in [6, 6.07) is 5.96. The van der Waals surface area contributed by atoms with E-state index in [1.54, 1.807) is 6.07 Å². The van der Waals surface area contributed by atoms with Gasteiger partial charge in [-0.25, -0.2) is 0 Å². The van der Waals surface area contributed by atoms with Crippen LogP contribution in [0, 0.1) is 23.0 Å². The normalized spacial score (nSPS) is 19.0. The zero-order valence-corrected chi connectivity index (χ0v) is 13.1. The largest absolute Gasteiger partial charge is 0.371 e. The van der Waals surface area contributed by atoms with Gasteiger partial charge in [0.2, 0.25) is 0 Å². The number of rotatable bonds is 5. The van der Waals surface area contributed by atoms with Gasteiger partial charge >= 0.3 is 0 Å². The van der Waals surface area contributed by atoms with Gasteiger partial charge < -0.3 is 10.2 Å². The summed E-state index contributed by atoms with van der Waals surface area (Å²) in [6.07, 6.45) is 2.43. The lowest BCUT2D eigenvalue weighted by Crippen LogP contribution is -2.41. The van der Waals surface area contributed by atoms with Crippen LogP contribution < -0.4 is 10.2 Å². The van der Waals surface area contributed by atoms with Gasteiger partial charge in [0, 0.05) is 36.4 Å². The Morgan fingerprint density at radius 1 is 1.48 bits per heavy atom. The molecule has 1 unspecified atom stereocenters. The van der Waals surface area contributed by atoms with Gasteiger partial charge in [-0.05, 0) is 44.4 Å². The molecule has 1 aromatic carbocycles. The highest BCUT2D eigenvalue weighted by molar-refractivity contribution is 5.55. The third-order valence-electron chi connectivity index (χ3n) is 4.08. The second-order valence-electron chi connectivity index (χ2n) is 6.25. The van der Waals surface area contributed by atoms with E-state index in [4.69, 9.17) is 0 Å². The zero-order valence-electron chi connectivity index (χ0n) is 13.1. The van der Waals surface area contributed by atoms with E-state index in [0.717, 1.165) is 30.9 Å². The Morgan fingerprint density at radius 2 is 2.24 bits per heavy atom. The summed E-state index contributed by atoms with van der Waals surface area (Å²) in [4.78, 5) is 12.9. The monoisotopic (exact) mass is 291 g/mol. The Labute approximate surface area is 126 Å². The quantitative estimate of drug-likeness (QED) is 0.669. The van der Waals surface area contributed by atoms with Crippen LogP contribution in [0.3, 0.4) is 0 Å². The third kappa shape index (κ3) is 4.17. The third-order valence-corrected chi connectivity index (χ3v) is 4.08. The smallest absolute Gasteiger partial charge is 0.272 e. The first kappa shape index (κ1) is 15.8. The SMILES string of the molecule is Cc1cc(N2CCCC(CNC(C)C)C2)ccc1[N+](=O)[O-]. The molecule has 1 atom stereocenters. The number of hydrogen-bond donors (Lipinski definition) is 1. The van der Waals surface area contributed by atoms with E-state index in [1.807, 2.05) is 19.1 Å². The highest BCUT2D eigenvalue weighted by Gasteiger charge is 2.21. The molecule has 0 saturated carbocycles. The number of nitrogens with zero attached hydrogens (tertiary/aromatic N) is 2. The van der Waals surface area contributed by atoms with Crippen molar-refractivity contribution in [2.75, 3.05) is 24.5 Å². The van der Waals surface area contributed by atoms with Crippen LogP contribution in [0.15, 0.2) is 18.2 Å². The predicted octanol–water partition coefficient (Wildman–Crippen LogP) is 3.12. The lowest BCUT2D eigenvalue weighted by Gasteiger charge is -2.35. The molecule has 0 spiro atoms. The molecule has 0 bridgehead atoms. The summed E-state index contributed by atoms with van der Waals surface area (Å²) in [5.41, 5.74) is 2.04. The number of nitro groups is 1. The number of anilines is 1. The number of nitro benzene ring substituents is 1. The fraction of sp³-hybridized carbons (Fsp3) is 0.625. The van der Waals surface area contributed by atoms with Gasteiger partial charge in [0.25, 0.3) is 5.69 Å². The molecule has 1 N–H and O–H groups in total. The van der Waals surface area contributed by atoms with Crippen LogP contribution >= 0.6 is 0 Å². The fourth-order valence-electron chi connectivity index (χ4n) is 2.91. The molecule has 0 amide bonds. The molecule has 2 rings (SSSR count). The molecule has 0 aromatic heterocycles. The maximum absolute atomic E-state index is 10.9.